The Morgan fingerprint density at radius 2 is 2.20 bits per heavy atom. The highest BCUT2D eigenvalue weighted by atomic mass is 16.6. The minimum atomic E-state index is -0.465. The number of aromatic nitrogens is 1. The SMILES string of the molecule is Cc1cccnc1CNC1=NCC2CN(C(=O)OC(C)(C)C)CCN12. The lowest BCUT2D eigenvalue weighted by molar-refractivity contribution is 0.0137. The first kappa shape index (κ1) is 17.5. The molecule has 0 aliphatic carbocycles. The fourth-order valence-electron chi connectivity index (χ4n) is 3.09. The summed E-state index contributed by atoms with van der Waals surface area (Å²) in [5, 5.41) is 3.40. The molecule has 2 aliphatic heterocycles. The molecule has 0 bridgehead atoms. The lowest BCUT2D eigenvalue weighted by Crippen LogP contribution is -2.57. The molecule has 25 heavy (non-hydrogen) atoms. The van der Waals surface area contributed by atoms with Gasteiger partial charge in [-0.05, 0) is 39.3 Å². The molecule has 0 aromatic carbocycles. The third kappa shape index (κ3) is 4.21. The van der Waals surface area contributed by atoms with Gasteiger partial charge in [-0.25, -0.2) is 4.79 Å². The van der Waals surface area contributed by atoms with Crippen molar-refractivity contribution in [2.75, 3.05) is 26.2 Å². The molecule has 0 radical (unpaired) electrons. The second kappa shape index (κ2) is 6.90. The molecule has 1 aromatic heterocycles. The van der Waals surface area contributed by atoms with E-state index in [0.29, 0.717) is 26.2 Å². The average molecular weight is 345 g/mol. The predicted molar refractivity (Wildman–Crippen MR) is 96.4 cm³/mol. The lowest BCUT2D eigenvalue weighted by atomic mass is 10.2. The van der Waals surface area contributed by atoms with E-state index < -0.39 is 5.60 Å². The van der Waals surface area contributed by atoms with Crippen LogP contribution in [0.2, 0.25) is 0 Å². The Kier molecular flexibility index (Phi) is 4.83. The predicted octanol–water partition coefficient (Wildman–Crippen LogP) is 1.77. The van der Waals surface area contributed by atoms with Gasteiger partial charge in [0.1, 0.15) is 5.60 Å². The van der Waals surface area contributed by atoms with E-state index in [9.17, 15) is 4.79 Å². The van der Waals surface area contributed by atoms with Gasteiger partial charge in [-0.3, -0.25) is 9.98 Å². The molecule has 7 heteroatoms. The van der Waals surface area contributed by atoms with Crippen LogP contribution in [-0.4, -0.2) is 64.7 Å². The number of ether oxygens (including phenoxy) is 1. The van der Waals surface area contributed by atoms with Crippen LogP contribution in [0.3, 0.4) is 0 Å². The molecule has 1 fully saturated rings. The van der Waals surface area contributed by atoms with E-state index in [1.54, 1.807) is 4.90 Å². The zero-order chi connectivity index (χ0) is 18.0. The zero-order valence-corrected chi connectivity index (χ0v) is 15.5. The van der Waals surface area contributed by atoms with Crippen molar-refractivity contribution in [3.8, 4) is 0 Å². The first-order valence-corrected chi connectivity index (χ1v) is 8.77. The van der Waals surface area contributed by atoms with Crippen molar-refractivity contribution >= 4 is 12.1 Å². The summed E-state index contributed by atoms with van der Waals surface area (Å²) in [5.41, 5.74) is 1.73. The summed E-state index contributed by atoms with van der Waals surface area (Å²) in [5.74, 6) is 0.902. The molecular formula is C18H27N5O2. The second-order valence-electron chi connectivity index (χ2n) is 7.56. The Morgan fingerprint density at radius 3 is 2.92 bits per heavy atom. The molecule has 0 saturated carbocycles. The van der Waals surface area contributed by atoms with Crippen LogP contribution in [0.25, 0.3) is 0 Å². The number of nitrogens with one attached hydrogen (secondary N) is 1. The largest absolute Gasteiger partial charge is 0.444 e. The lowest BCUT2D eigenvalue weighted by Gasteiger charge is -2.39. The number of guanidine groups is 1. The standard InChI is InChI=1S/C18H27N5O2/c1-13-6-5-7-19-15(13)11-21-16-20-10-14-12-22(8-9-23(14)16)17(24)25-18(2,3)4/h5-7,14H,8-12H2,1-4H3,(H,20,21). The molecule has 1 amide bonds. The fraction of sp³-hybridized carbons (Fsp3) is 0.611. The fourth-order valence-corrected chi connectivity index (χ4v) is 3.09. The number of piperazine rings is 1. The molecule has 1 saturated heterocycles. The summed E-state index contributed by atoms with van der Waals surface area (Å²) in [6, 6.07) is 4.22. The first-order chi connectivity index (χ1) is 11.8. The van der Waals surface area contributed by atoms with Gasteiger partial charge in [0, 0.05) is 25.8 Å². The third-order valence-electron chi connectivity index (χ3n) is 4.39. The number of hydrogen-bond acceptors (Lipinski definition) is 6. The maximum absolute atomic E-state index is 12.3. The van der Waals surface area contributed by atoms with Crippen molar-refractivity contribution in [3.05, 3.63) is 29.6 Å². The number of hydrogen-bond donors (Lipinski definition) is 1. The number of nitrogens with zero attached hydrogens (tertiary/aromatic N) is 4. The molecule has 2 aliphatic rings. The van der Waals surface area contributed by atoms with Crippen LogP contribution in [-0.2, 0) is 11.3 Å². The van der Waals surface area contributed by atoms with E-state index in [1.165, 1.54) is 5.56 Å². The monoisotopic (exact) mass is 345 g/mol. The van der Waals surface area contributed by atoms with Crippen LogP contribution in [0.1, 0.15) is 32.0 Å². The minimum absolute atomic E-state index is 0.216. The Hall–Kier alpha value is -2.31. The number of aryl methyl sites for hydroxylation is 1. The molecule has 1 atom stereocenters. The topological polar surface area (TPSA) is 70.1 Å². The van der Waals surface area contributed by atoms with Crippen LogP contribution in [0.4, 0.5) is 4.79 Å². The van der Waals surface area contributed by atoms with Gasteiger partial charge in [0.15, 0.2) is 5.96 Å². The summed E-state index contributed by atoms with van der Waals surface area (Å²) < 4.78 is 5.48. The first-order valence-electron chi connectivity index (χ1n) is 8.77. The van der Waals surface area contributed by atoms with Crippen LogP contribution in [0.15, 0.2) is 23.3 Å². The number of carbonyl (C=O) groups excluding carboxylic acids is 1. The van der Waals surface area contributed by atoms with E-state index in [0.717, 1.165) is 18.2 Å². The zero-order valence-electron chi connectivity index (χ0n) is 15.5. The molecular weight excluding hydrogens is 318 g/mol. The normalized spacial score (nSPS) is 20.2. The highest BCUT2D eigenvalue weighted by Crippen LogP contribution is 2.18. The van der Waals surface area contributed by atoms with Crippen molar-refractivity contribution in [2.24, 2.45) is 4.99 Å². The van der Waals surface area contributed by atoms with E-state index in [2.05, 4.69) is 33.2 Å². The average Bonchev–Trinajstić information content (AvgIpc) is 2.95. The second-order valence-corrected chi connectivity index (χ2v) is 7.56. The summed E-state index contributed by atoms with van der Waals surface area (Å²) >= 11 is 0. The van der Waals surface area contributed by atoms with Gasteiger partial charge < -0.3 is 19.9 Å². The quantitative estimate of drug-likeness (QED) is 0.885. The molecule has 7 nitrogen and oxygen atoms in total. The van der Waals surface area contributed by atoms with Crippen molar-refractivity contribution in [1.82, 2.24) is 20.1 Å². The van der Waals surface area contributed by atoms with E-state index in [4.69, 9.17) is 4.74 Å². The Bertz CT molecular complexity index is 668. The van der Waals surface area contributed by atoms with Gasteiger partial charge in [-0.2, -0.15) is 0 Å². The minimum Gasteiger partial charge on any atom is -0.444 e. The molecule has 0 spiro atoms. The maximum atomic E-state index is 12.3. The molecule has 1 unspecified atom stereocenters. The number of rotatable bonds is 2. The highest BCUT2D eigenvalue weighted by Gasteiger charge is 2.36. The van der Waals surface area contributed by atoms with Crippen LogP contribution in [0, 0.1) is 6.92 Å². The van der Waals surface area contributed by atoms with Crippen molar-refractivity contribution in [1.29, 1.82) is 0 Å². The van der Waals surface area contributed by atoms with Gasteiger partial charge in [-0.1, -0.05) is 6.07 Å². The number of aliphatic imine (C=N–C) groups is 1. The number of carbonyl (C=O) groups is 1. The van der Waals surface area contributed by atoms with Gasteiger partial charge in [0.05, 0.1) is 24.8 Å². The third-order valence-corrected chi connectivity index (χ3v) is 4.39. The van der Waals surface area contributed by atoms with Crippen LogP contribution >= 0.6 is 0 Å². The Morgan fingerprint density at radius 1 is 1.40 bits per heavy atom. The maximum Gasteiger partial charge on any atom is 0.410 e. The Labute approximate surface area is 149 Å². The van der Waals surface area contributed by atoms with Crippen molar-refractivity contribution in [3.63, 3.8) is 0 Å². The molecule has 136 valence electrons. The number of amides is 1. The number of fused-ring (bicyclic) bond motifs is 1. The van der Waals surface area contributed by atoms with E-state index in [1.807, 2.05) is 33.0 Å². The molecule has 3 rings (SSSR count). The van der Waals surface area contributed by atoms with Gasteiger partial charge in [0.2, 0.25) is 0 Å². The summed E-state index contributed by atoms with van der Waals surface area (Å²) in [4.78, 5) is 25.3. The van der Waals surface area contributed by atoms with Gasteiger partial charge >= 0.3 is 6.09 Å². The van der Waals surface area contributed by atoms with E-state index >= 15 is 0 Å². The van der Waals surface area contributed by atoms with Crippen molar-refractivity contribution < 1.29 is 9.53 Å². The van der Waals surface area contributed by atoms with Gasteiger partial charge in [-0.15, -0.1) is 0 Å². The van der Waals surface area contributed by atoms with E-state index in [-0.39, 0.29) is 12.1 Å². The number of pyridine rings is 1. The summed E-state index contributed by atoms with van der Waals surface area (Å²) in [6.45, 7) is 11.1. The summed E-state index contributed by atoms with van der Waals surface area (Å²) in [7, 11) is 0. The smallest absolute Gasteiger partial charge is 0.410 e. The van der Waals surface area contributed by atoms with Crippen LogP contribution < -0.4 is 5.32 Å². The van der Waals surface area contributed by atoms with Crippen LogP contribution in [0.5, 0.6) is 0 Å². The summed E-state index contributed by atoms with van der Waals surface area (Å²) in [6.07, 6.45) is 1.57. The van der Waals surface area contributed by atoms with Gasteiger partial charge in [0.25, 0.3) is 0 Å². The highest BCUT2D eigenvalue weighted by molar-refractivity contribution is 5.82. The van der Waals surface area contributed by atoms with Crippen molar-refractivity contribution in [2.45, 2.75) is 45.9 Å². The molecule has 1 aromatic rings. The molecule has 1 N–H and O–H groups in total. The molecule has 3 heterocycles. The Balaban J connectivity index is 1.54.